The van der Waals surface area contributed by atoms with Gasteiger partial charge >= 0.3 is 18.4 Å². The van der Waals surface area contributed by atoms with E-state index in [1.165, 1.54) is 10.7 Å². The SMILES string of the molecule is CC(C)(CC[C@H]([NH3+])c1cn2ncc([C@@H](COC3CC3)N3CC(F)(F)CNC3=O)cc2n1)C(F)(F)F.O=C([O-])C(F)(F)F. The van der Waals surface area contributed by atoms with Gasteiger partial charge in [0.2, 0.25) is 0 Å². The predicted octanol–water partition coefficient (Wildman–Crippen LogP) is 2.56. The number of aromatic nitrogens is 3. The summed E-state index contributed by atoms with van der Waals surface area (Å²) in [5.74, 6) is -6.10. The number of rotatable bonds is 9. The molecule has 1 aliphatic heterocycles. The van der Waals surface area contributed by atoms with Crippen LogP contribution in [0, 0.1) is 5.41 Å². The minimum Gasteiger partial charge on any atom is -0.542 e. The van der Waals surface area contributed by atoms with E-state index in [1.807, 2.05) is 0 Å². The lowest BCUT2D eigenvalue weighted by molar-refractivity contribution is -0.430. The zero-order valence-corrected chi connectivity index (χ0v) is 22.6. The van der Waals surface area contributed by atoms with E-state index in [0.29, 0.717) is 16.9 Å². The van der Waals surface area contributed by atoms with Crippen molar-refractivity contribution in [1.29, 1.82) is 0 Å². The molecule has 0 spiro atoms. The van der Waals surface area contributed by atoms with Crippen molar-refractivity contribution >= 4 is 17.6 Å². The van der Waals surface area contributed by atoms with Crippen molar-refractivity contribution < 1.29 is 60.3 Å². The van der Waals surface area contributed by atoms with Crippen molar-refractivity contribution in [3.63, 3.8) is 0 Å². The smallest absolute Gasteiger partial charge is 0.430 e. The van der Waals surface area contributed by atoms with Gasteiger partial charge in [-0.3, -0.25) is 0 Å². The second-order valence-electron chi connectivity index (χ2n) is 10.9. The van der Waals surface area contributed by atoms with Crippen molar-refractivity contribution in [2.75, 3.05) is 19.7 Å². The molecule has 2 atom stereocenters. The van der Waals surface area contributed by atoms with Crippen LogP contribution in [0.2, 0.25) is 0 Å². The number of carboxylic acid groups (broad SMARTS) is 1. The molecule has 0 unspecified atom stereocenters. The second-order valence-corrected chi connectivity index (χ2v) is 10.9. The Balaban J connectivity index is 0.000000616. The summed E-state index contributed by atoms with van der Waals surface area (Å²) < 4.78 is 106. The average Bonchev–Trinajstić information content (AvgIpc) is 3.59. The summed E-state index contributed by atoms with van der Waals surface area (Å²) in [6.07, 6.45) is -4.59. The summed E-state index contributed by atoms with van der Waals surface area (Å²) in [5.41, 5.74) is 3.44. The van der Waals surface area contributed by atoms with Gasteiger partial charge in [-0.15, -0.1) is 0 Å². The maximum atomic E-state index is 14.1. The van der Waals surface area contributed by atoms with Crippen LogP contribution in [0.5, 0.6) is 0 Å². The molecule has 0 radical (unpaired) electrons. The van der Waals surface area contributed by atoms with Crippen molar-refractivity contribution in [2.45, 2.75) is 76.0 Å². The van der Waals surface area contributed by atoms with Gasteiger partial charge in [0.15, 0.2) is 5.65 Å². The molecule has 4 rings (SSSR count). The minimum absolute atomic E-state index is 0.0318. The standard InChI is InChI=1S/C22H29F5N6O2.C2HF3O2/c1-20(2,22(25,26)27)6-5-15(28)16-9-33-18(31-16)7-13(8-30-33)17(10-35-14-3-4-14)32-12-21(23,24)11-29-19(32)34;3-2(4,5)1(6)7/h7-9,14-15,17H,3-6,10-12,28H2,1-2H3,(H,29,34);(H,6,7)/t15-,17+;/m0./s1. The number of fused-ring (bicyclic) bond motifs is 1. The molecule has 2 fully saturated rings. The van der Waals surface area contributed by atoms with E-state index < -0.39 is 60.9 Å². The van der Waals surface area contributed by atoms with Crippen LogP contribution in [0.25, 0.3) is 5.65 Å². The van der Waals surface area contributed by atoms with E-state index in [1.54, 1.807) is 12.3 Å². The van der Waals surface area contributed by atoms with Gasteiger partial charge in [-0.2, -0.15) is 31.4 Å². The van der Waals surface area contributed by atoms with Crippen LogP contribution in [0.1, 0.15) is 62.9 Å². The number of ether oxygens (including phenoxy) is 1. The molecule has 0 bridgehead atoms. The molecule has 0 aromatic carbocycles. The fraction of sp³-hybridized carbons (Fsp3) is 0.667. The number of carboxylic acids is 1. The first-order valence-corrected chi connectivity index (χ1v) is 12.8. The zero-order valence-electron chi connectivity index (χ0n) is 22.6. The fourth-order valence-corrected chi connectivity index (χ4v) is 3.88. The number of urea groups is 1. The van der Waals surface area contributed by atoms with Crippen molar-refractivity contribution in [3.05, 3.63) is 29.7 Å². The van der Waals surface area contributed by atoms with Gasteiger partial charge in [0.25, 0.3) is 5.92 Å². The number of aliphatic carboxylic acids is 1. The summed E-state index contributed by atoms with van der Waals surface area (Å²) in [6.45, 7) is 0.862. The third-order valence-electron chi connectivity index (χ3n) is 6.83. The molecule has 1 aliphatic carbocycles. The summed E-state index contributed by atoms with van der Waals surface area (Å²) in [6, 6.07) is -0.289. The first-order valence-electron chi connectivity index (χ1n) is 12.8. The number of alkyl halides is 8. The lowest BCUT2D eigenvalue weighted by Crippen LogP contribution is -2.58. The molecule has 2 aromatic rings. The number of hydrogen-bond acceptors (Lipinski definition) is 6. The number of carbonyl (C=O) groups excluding carboxylic acids is 2. The molecular weight excluding hydrogens is 588 g/mol. The molecule has 1 saturated carbocycles. The van der Waals surface area contributed by atoms with Gasteiger partial charge in [-0.25, -0.2) is 23.1 Å². The summed E-state index contributed by atoms with van der Waals surface area (Å²) in [7, 11) is 0. The van der Waals surface area contributed by atoms with Gasteiger partial charge in [0.05, 0.1) is 49.7 Å². The van der Waals surface area contributed by atoms with Gasteiger partial charge < -0.3 is 30.6 Å². The van der Waals surface area contributed by atoms with Crippen LogP contribution in [-0.2, 0) is 9.53 Å². The van der Waals surface area contributed by atoms with Crippen molar-refractivity contribution in [1.82, 2.24) is 24.8 Å². The van der Waals surface area contributed by atoms with Gasteiger partial charge in [-0.05, 0) is 25.3 Å². The van der Waals surface area contributed by atoms with Gasteiger partial charge in [-0.1, -0.05) is 13.8 Å². The fourth-order valence-electron chi connectivity index (χ4n) is 3.88. The van der Waals surface area contributed by atoms with Crippen LogP contribution < -0.4 is 16.2 Å². The largest absolute Gasteiger partial charge is 0.542 e. The third-order valence-corrected chi connectivity index (χ3v) is 6.83. The topological polar surface area (TPSA) is 140 Å². The predicted molar refractivity (Wildman–Crippen MR) is 126 cm³/mol. The second kappa shape index (κ2) is 12.1. The van der Waals surface area contributed by atoms with Crippen LogP contribution in [0.4, 0.5) is 39.9 Å². The molecule has 1 saturated heterocycles. The zero-order chi connectivity index (χ0) is 31.7. The van der Waals surface area contributed by atoms with Crippen molar-refractivity contribution in [3.8, 4) is 0 Å². The quantitative estimate of drug-likeness (QED) is 0.415. The highest BCUT2D eigenvalue weighted by Gasteiger charge is 2.47. The maximum Gasteiger partial charge on any atom is 0.430 e. The Hall–Kier alpha value is -3.28. The lowest BCUT2D eigenvalue weighted by Gasteiger charge is -2.38. The molecule has 18 heteroatoms. The van der Waals surface area contributed by atoms with Crippen LogP contribution in [0.3, 0.4) is 0 Å². The number of quaternary nitrogens is 1. The number of nitrogens with one attached hydrogen (secondary N) is 1. The Kier molecular flexibility index (Phi) is 9.61. The van der Waals surface area contributed by atoms with Gasteiger partial charge in [0.1, 0.15) is 17.7 Å². The normalized spacial score (nSPS) is 19.1. The molecule has 2 aromatic heterocycles. The summed E-state index contributed by atoms with van der Waals surface area (Å²) in [4.78, 5) is 26.7. The number of carbonyl (C=O) groups is 2. The van der Waals surface area contributed by atoms with E-state index in [9.17, 15) is 39.9 Å². The molecule has 10 nitrogen and oxygen atoms in total. The molecule has 42 heavy (non-hydrogen) atoms. The number of amides is 2. The average molecular weight is 619 g/mol. The Morgan fingerprint density at radius 3 is 2.40 bits per heavy atom. The lowest BCUT2D eigenvalue weighted by atomic mass is 9.85. The number of halogens is 8. The van der Waals surface area contributed by atoms with E-state index in [2.05, 4.69) is 21.1 Å². The summed E-state index contributed by atoms with van der Waals surface area (Å²) >= 11 is 0. The van der Waals surface area contributed by atoms with Gasteiger partial charge in [0, 0.05) is 12.0 Å². The highest BCUT2D eigenvalue weighted by Crippen LogP contribution is 2.42. The minimum atomic E-state index is -5.19. The van der Waals surface area contributed by atoms with E-state index in [0.717, 1.165) is 31.6 Å². The number of imidazole rings is 1. The molecule has 3 heterocycles. The van der Waals surface area contributed by atoms with E-state index >= 15 is 0 Å². The van der Waals surface area contributed by atoms with Crippen molar-refractivity contribution in [2.24, 2.45) is 5.41 Å². The highest BCUT2D eigenvalue weighted by atomic mass is 19.4. The van der Waals surface area contributed by atoms with Crippen LogP contribution in [0.15, 0.2) is 18.5 Å². The Morgan fingerprint density at radius 2 is 1.86 bits per heavy atom. The maximum absolute atomic E-state index is 14.1. The van der Waals surface area contributed by atoms with Crippen LogP contribution >= 0.6 is 0 Å². The van der Waals surface area contributed by atoms with E-state index in [4.69, 9.17) is 14.6 Å². The molecule has 4 N–H and O–H groups in total. The summed E-state index contributed by atoms with van der Waals surface area (Å²) in [5, 5.41) is 15.3. The Morgan fingerprint density at radius 1 is 1.24 bits per heavy atom. The molecule has 2 amide bonds. The molecular formula is C24H30F8N6O4. The highest BCUT2D eigenvalue weighted by molar-refractivity contribution is 5.76. The molecule has 236 valence electrons. The van der Waals surface area contributed by atoms with Crippen LogP contribution in [-0.4, -0.2) is 75.6 Å². The first-order chi connectivity index (χ1) is 19.2. The molecule has 2 aliphatic rings. The number of hydrogen-bond donors (Lipinski definition) is 2. The van der Waals surface area contributed by atoms with E-state index in [-0.39, 0.29) is 25.6 Å². The first kappa shape index (κ1) is 33.2. The number of nitrogens with zero attached hydrogens (tertiary/aromatic N) is 4. The Bertz CT molecular complexity index is 1260. The monoisotopic (exact) mass is 618 g/mol. The Labute approximate surface area is 234 Å². The third kappa shape index (κ3) is 8.62.